The van der Waals surface area contributed by atoms with Crippen LogP contribution in [0.4, 0.5) is 11.4 Å². The summed E-state index contributed by atoms with van der Waals surface area (Å²) in [5.41, 5.74) is 1.97. The number of anilines is 2. The third-order valence-corrected chi connectivity index (χ3v) is 8.70. The fourth-order valence-electron chi connectivity index (χ4n) is 4.53. The quantitative estimate of drug-likeness (QED) is 0.364. The van der Waals surface area contributed by atoms with Crippen LogP contribution in [-0.4, -0.2) is 40.4 Å². The van der Waals surface area contributed by atoms with E-state index in [0.29, 0.717) is 11.5 Å². The zero-order valence-electron chi connectivity index (χ0n) is 19.8. The van der Waals surface area contributed by atoms with Crippen LogP contribution < -0.4 is 9.64 Å². The van der Waals surface area contributed by atoms with Gasteiger partial charge >= 0.3 is 5.97 Å². The molecule has 0 radical (unpaired) electrons. The highest BCUT2D eigenvalue weighted by atomic mass is 32.2. The minimum Gasteiger partial charge on any atom is -0.481 e. The van der Waals surface area contributed by atoms with E-state index in [1.807, 2.05) is 36.6 Å². The first-order valence-electron chi connectivity index (χ1n) is 11.7. The predicted octanol–water partition coefficient (Wildman–Crippen LogP) is 6.50. The van der Waals surface area contributed by atoms with E-state index in [1.54, 1.807) is 0 Å². The fourth-order valence-corrected chi connectivity index (χ4v) is 6.81. The van der Waals surface area contributed by atoms with E-state index in [1.165, 1.54) is 11.8 Å². The number of fused-ring (bicyclic) bond motifs is 1. The molecule has 180 valence electrons. The third-order valence-electron chi connectivity index (χ3n) is 6.25. The van der Waals surface area contributed by atoms with Gasteiger partial charge < -0.3 is 14.7 Å². The number of rotatable bonds is 11. The lowest BCUT2D eigenvalue weighted by Gasteiger charge is -2.37. The van der Waals surface area contributed by atoms with E-state index < -0.39 is 23.4 Å². The monoisotopic (exact) mass is 489 g/mol. The normalized spacial score (nSPS) is 17.3. The zero-order valence-corrected chi connectivity index (χ0v) is 21.5. The molecule has 0 aliphatic carbocycles. The molecule has 5 nitrogen and oxygen atoms in total. The van der Waals surface area contributed by atoms with Crippen molar-refractivity contribution in [2.45, 2.75) is 62.2 Å². The first kappa shape index (κ1) is 25.6. The predicted molar refractivity (Wildman–Crippen MR) is 138 cm³/mol. The van der Waals surface area contributed by atoms with E-state index in [-0.39, 0.29) is 5.41 Å². The summed E-state index contributed by atoms with van der Waals surface area (Å²) in [6, 6.07) is 14.1. The molecule has 1 atom stereocenters. The lowest BCUT2D eigenvalue weighted by molar-refractivity contribution is -0.139. The Morgan fingerprint density at radius 3 is 2.39 bits per heavy atom. The number of hydrogen-bond donors (Lipinski definition) is 1. The standard InChI is InChI=1S/C26H35NO4S2/c1-4-6-13-26(14-7-5-2)18-27(20-11-9-8-10-12-20)21-15-23(32-3)22(31-17-25(28)29)16-24(21)33(30)19-26/h8-12,15-16H,4-7,13-14,17-19H2,1-3H3,(H,28,29). The van der Waals surface area contributed by atoms with Crippen LogP contribution in [-0.2, 0) is 15.6 Å². The van der Waals surface area contributed by atoms with Gasteiger partial charge in [0.25, 0.3) is 0 Å². The van der Waals surface area contributed by atoms with Crippen molar-refractivity contribution in [2.24, 2.45) is 5.41 Å². The Morgan fingerprint density at radius 1 is 1.15 bits per heavy atom. The van der Waals surface area contributed by atoms with Crippen molar-refractivity contribution in [1.29, 1.82) is 0 Å². The molecule has 3 rings (SSSR count). The van der Waals surface area contributed by atoms with Gasteiger partial charge in [-0.05, 0) is 43.4 Å². The molecule has 0 amide bonds. The summed E-state index contributed by atoms with van der Waals surface area (Å²) >= 11 is 1.51. The van der Waals surface area contributed by atoms with Gasteiger partial charge in [0, 0.05) is 23.4 Å². The molecule has 1 aliphatic heterocycles. The maximum Gasteiger partial charge on any atom is 0.341 e. The van der Waals surface area contributed by atoms with E-state index in [2.05, 4.69) is 30.9 Å². The number of unbranched alkanes of at least 4 members (excludes halogenated alkanes) is 2. The van der Waals surface area contributed by atoms with Crippen molar-refractivity contribution in [3.8, 4) is 5.75 Å². The van der Waals surface area contributed by atoms with Crippen molar-refractivity contribution >= 4 is 39.9 Å². The summed E-state index contributed by atoms with van der Waals surface area (Å²) in [6.45, 7) is 4.82. The number of aliphatic carboxylic acids is 1. The summed E-state index contributed by atoms with van der Waals surface area (Å²) in [5.74, 6) is 0.0714. The Bertz CT molecular complexity index is 956. The number of nitrogens with zero attached hydrogens (tertiary/aromatic N) is 1. The van der Waals surface area contributed by atoms with Crippen molar-refractivity contribution in [2.75, 3.05) is 30.1 Å². The zero-order chi connectivity index (χ0) is 23.8. The SMILES string of the molecule is CCCCC1(CCCC)CN(c2ccccc2)c2cc(SC)c(OCC(=O)O)cc2S(=O)C1. The average Bonchev–Trinajstić information content (AvgIpc) is 2.94. The highest BCUT2D eigenvalue weighted by Crippen LogP contribution is 2.46. The summed E-state index contributed by atoms with van der Waals surface area (Å²) < 4.78 is 19.4. The van der Waals surface area contributed by atoms with Gasteiger partial charge in [0.05, 0.1) is 26.3 Å². The number of para-hydroxylation sites is 1. The van der Waals surface area contributed by atoms with Crippen molar-refractivity contribution in [3.63, 3.8) is 0 Å². The number of benzene rings is 2. The summed E-state index contributed by atoms with van der Waals surface area (Å²) in [7, 11) is -1.22. The highest BCUT2D eigenvalue weighted by molar-refractivity contribution is 7.98. The lowest BCUT2D eigenvalue weighted by atomic mass is 9.79. The van der Waals surface area contributed by atoms with Crippen LogP contribution in [0.1, 0.15) is 52.4 Å². The van der Waals surface area contributed by atoms with Crippen LogP contribution in [0.25, 0.3) is 0 Å². The van der Waals surface area contributed by atoms with Crippen molar-refractivity contribution in [1.82, 2.24) is 0 Å². The number of carbonyl (C=O) groups is 1. The van der Waals surface area contributed by atoms with Crippen LogP contribution in [0.2, 0.25) is 0 Å². The molecule has 0 spiro atoms. The number of carboxylic acid groups (broad SMARTS) is 1. The van der Waals surface area contributed by atoms with E-state index in [0.717, 1.165) is 66.2 Å². The molecule has 0 saturated heterocycles. The van der Waals surface area contributed by atoms with E-state index in [9.17, 15) is 9.00 Å². The Hall–Kier alpha value is -1.99. The molecule has 1 N–H and O–H groups in total. The molecule has 0 saturated carbocycles. The van der Waals surface area contributed by atoms with Gasteiger partial charge in [-0.15, -0.1) is 11.8 Å². The Kier molecular flexibility index (Phi) is 9.27. The molecule has 33 heavy (non-hydrogen) atoms. The molecule has 7 heteroatoms. The number of carboxylic acids is 1. The first-order chi connectivity index (χ1) is 15.9. The van der Waals surface area contributed by atoms with E-state index in [4.69, 9.17) is 9.84 Å². The fraction of sp³-hybridized carbons (Fsp3) is 0.500. The Labute approximate surface area is 204 Å². The molecular formula is C26H35NO4S2. The van der Waals surface area contributed by atoms with Gasteiger partial charge in [-0.1, -0.05) is 57.7 Å². The largest absolute Gasteiger partial charge is 0.481 e. The van der Waals surface area contributed by atoms with Crippen LogP contribution in [0.15, 0.2) is 52.3 Å². The van der Waals surface area contributed by atoms with E-state index >= 15 is 0 Å². The van der Waals surface area contributed by atoms with Gasteiger partial charge in [0.15, 0.2) is 6.61 Å². The molecular weight excluding hydrogens is 454 g/mol. The first-order valence-corrected chi connectivity index (χ1v) is 14.2. The number of ether oxygens (including phenoxy) is 1. The molecule has 2 aromatic carbocycles. The van der Waals surface area contributed by atoms with Crippen LogP contribution in [0, 0.1) is 5.41 Å². The van der Waals surface area contributed by atoms with Crippen LogP contribution in [0.3, 0.4) is 0 Å². The molecule has 1 heterocycles. The Morgan fingerprint density at radius 2 is 1.82 bits per heavy atom. The molecule has 1 aliphatic rings. The minimum atomic E-state index is -1.22. The summed E-state index contributed by atoms with van der Waals surface area (Å²) in [5, 5.41) is 9.10. The summed E-state index contributed by atoms with van der Waals surface area (Å²) in [6.07, 6.45) is 8.49. The van der Waals surface area contributed by atoms with Gasteiger partial charge in [0.2, 0.25) is 0 Å². The second-order valence-electron chi connectivity index (χ2n) is 8.77. The Balaban J connectivity index is 2.15. The number of thioether (sulfide) groups is 1. The maximum atomic E-state index is 13.8. The molecule has 1 unspecified atom stereocenters. The van der Waals surface area contributed by atoms with Crippen molar-refractivity contribution in [3.05, 3.63) is 42.5 Å². The van der Waals surface area contributed by atoms with Gasteiger partial charge in [-0.3, -0.25) is 4.21 Å². The molecule has 0 aromatic heterocycles. The van der Waals surface area contributed by atoms with Crippen LogP contribution >= 0.6 is 11.8 Å². The van der Waals surface area contributed by atoms with Gasteiger partial charge in [0.1, 0.15) is 5.75 Å². The van der Waals surface area contributed by atoms with Crippen LogP contribution in [0.5, 0.6) is 5.75 Å². The number of hydrogen-bond acceptors (Lipinski definition) is 5. The average molecular weight is 490 g/mol. The topological polar surface area (TPSA) is 66.8 Å². The smallest absolute Gasteiger partial charge is 0.341 e. The maximum absolute atomic E-state index is 13.8. The molecule has 2 aromatic rings. The molecule has 0 fully saturated rings. The highest BCUT2D eigenvalue weighted by Gasteiger charge is 2.39. The van der Waals surface area contributed by atoms with Gasteiger partial charge in [-0.25, -0.2) is 4.79 Å². The second-order valence-corrected chi connectivity index (χ2v) is 11.0. The lowest BCUT2D eigenvalue weighted by Crippen LogP contribution is -2.37. The molecule has 0 bridgehead atoms. The minimum absolute atomic E-state index is 0.0483. The van der Waals surface area contributed by atoms with Crippen molar-refractivity contribution < 1.29 is 18.8 Å². The third kappa shape index (κ3) is 6.33. The summed E-state index contributed by atoms with van der Waals surface area (Å²) in [4.78, 5) is 15.0. The van der Waals surface area contributed by atoms with Gasteiger partial charge in [-0.2, -0.15) is 0 Å². The second kappa shape index (κ2) is 11.9.